The number of nitrogens with zero attached hydrogens (tertiary/aromatic N) is 4. The molecule has 0 bridgehead atoms. The number of urea groups is 1. The summed E-state index contributed by atoms with van der Waals surface area (Å²) < 4.78 is 0. The fourth-order valence-electron chi connectivity index (χ4n) is 3.51. The zero-order valence-electron chi connectivity index (χ0n) is 16.4. The van der Waals surface area contributed by atoms with Gasteiger partial charge in [-0.3, -0.25) is 0 Å². The van der Waals surface area contributed by atoms with Gasteiger partial charge in [-0.25, -0.2) is 9.78 Å². The van der Waals surface area contributed by atoms with Gasteiger partial charge in [0.05, 0.1) is 17.9 Å². The van der Waals surface area contributed by atoms with Crippen LogP contribution in [0.1, 0.15) is 25.5 Å². The Bertz CT molecular complexity index is 730. The maximum Gasteiger partial charge on any atom is 0.322 e. The van der Waals surface area contributed by atoms with E-state index in [1.165, 1.54) is 0 Å². The normalized spacial score (nSPS) is 17.6. The molecule has 0 saturated carbocycles. The lowest BCUT2D eigenvalue weighted by Crippen LogP contribution is -2.50. The number of rotatable bonds is 5. The van der Waals surface area contributed by atoms with Gasteiger partial charge in [-0.15, -0.1) is 0 Å². The molecule has 1 aliphatic heterocycles. The minimum absolute atomic E-state index is 0.0489. The molecule has 1 aromatic carbocycles. The van der Waals surface area contributed by atoms with E-state index in [1.807, 2.05) is 35.2 Å². The molecule has 0 spiro atoms. The Kier molecular flexibility index (Phi) is 6.29. The fourth-order valence-corrected chi connectivity index (χ4v) is 3.51. The summed E-state index contributed by atoms with van der Waals surface area (Å²) in [6, 6.07) is 14.1. The molecule has 2 amide bonds. The molecule has 1 atom stereocenters. The van der Waals surface area contributed by atoms with Crippen LogP contribution in [0.2, 0.25) is 0 Å². The number of carbonyl (C=O) groups excluding carboxylic acids is 1. The van der Waals surface area contributed by atoms with Crippen molar-refractivity contribution in [1.82, 2.24) is 14.8 Å². The van der Waals surface area contributed by atoms with Crippen LogP contribution < -0.4 is 10.2 Å². The molecule has 2 heterocycles. The number of hydrogen-bond acceptors (Lipinski definition) is 4. The van der Waals surface area contributed by atoms with Crippen LogP contribution in [-0.4, -0.2) is 60.6 Å². The van der Waals surface area contributed by atoms with Crippen LogP contribution in [0.15, 0.2) is 48.7 Å². The lowest BCUT2D eigenvalue weighted by atomic mass is 10.0. The Hall–Kier alpha value is -2.60. The van der Waals surface area contributed by atoms with Crippen LogP contribution in [0, 0.1) is 0 Å². The van der Waals surface area contributed by atoms with Crippen LogP contribution in [0.5, 0.6) is 0 Å². The topological polar surface area (TPSA) is 51.7 Å². The first kappa shape index (κ1) is 19.2. The maximum absolute atomic E-state index is 12.9. The lowest BCUT2D eigenvalue weighted by Gasteiger charge is -2.40. The number of pyridine rings is 1. The van der Waals surface area contributed by atoms with Crippen LogP contribution in [0.3, 0.4) is 0 Å². The predicted molar refractivity (Wildman–Crippen MR) is 110 cm³/mol. The maximum atomic E-state index is 12.9. The van der Waals surface area contributed by atoms with Crippen molar-refractivity contribution in [3.63, 3.8) is 0 Å². The summed E-state index contributed by atoms with van der Waals surface area (Å²) in [5.41, 5.74) is 1.89. The minimum atomic E-state index is -0.0747. The van der Waals surface area contributed by atoms with Gasteiger partial charge in [0.1, 0.15) is 5.82 Å². The van der Waals surface area contributed by atoms with E-state index in [0.29, 0.717) is 6.54 Å². The van der Waals surface area contributed by atoms with Crippen molar-refractivity contribution in [3.05, 3.63) is 54.2 Å². The summed E-state index contributed by atoms with van der Waals surface area (Å²) in [6.45, 7) is 8.44. The number of aromatic nitrogens is 1. The van der Waals surface area contributed by atoms with E-state index in [1.54, 1.807) is 6.20 Å². The molecule has 6 heteroatoms. The highest BCUT2D eigenvalue weighted by atomic mass is 16.2. The highest BCUT2D eigenvalue weighted by Gasteiger charge is 2.30. The van der Waals surface area contributed by atoms with E-state index in [9.17, 15) is 4.79 Å². The largest absolute Gasteiger partial charge is 0.357 e. The number of hydrogen-bond donors (Lipinski definition) is 1. The molecule has 1 N–H and O–H groups in total. The summed E-state index contributed by atoms with van der Waals surface area (Å²) >= 11 is 0. The lowest BCUT2D eigenvalue weighted by molar-refractivity contribution is 0.116. The molecular formula is C21H29N5O. The first-order valence-electron chi connectivity index (χ1n) is 9.64. The average molecular weight is 367 g/mol. The molecule has 0 radical (unpaired) electrons. The Morgan fingerprint density at radius 3 is 2.52 bits per heavy atom. The molecular weight excluding hydrogens is 338 g/mol. The number of likely N-dealkylation sites (N-methyl/N-ethyl adjacent to an activating group) is 1. The minimum Gasteiger partial charge on any atom is -0.357 e. The summed E-state index contributed by atoms with van der Waals surface area (Å²) in [5.74, 6) is 0.930. The molecule has 0 unspecified atom stereocenters. The number of carbonyl (C=O) groups is 1. The van der Waals surface area contributed by atoms with E-state index < -0.39 is 0 Å². The monoisotopic (exact) mass is 367 g/mol. The van der Waals surface area contributed by atoms with Crippen molar-refractivity contribution < 1.29 is 4.79 Å². The van der Waals surface area contributed by atoms with Crippen molar-refractivity contribution in [3.8, 4) is 0 Å². The Balaban J connectivity index is 1.72. The Morgan fingerprint density at radius 2 is 1.89 bits per heavy atom. The third-order valence-corrected chi connectivity index (χ3v) is 5.12. The van der Waals surface area contributed by atoms with Crippen molar-refractivity contribution >= 4 is 17.5 Å². The van der Waals surface area contributed by atoms with Crippen molar-refractivity contribution in [2.45, 2.75) is 19.9 Å². The smallest absolute Gasteiger partial charge is 0.322 e. The third kappa shape index (κ3) is 4.57. The molecule has 1 aromatic heterocycles. The zero-order valence-corrected chi connectivity index (χ0v) is 16.4. The first-order chi connectivity index (χ1) is 13.1. The second-order valence-electron chi connectivity index (χ2n) is 6.89. The average Bonchev–Trinajstić information content (AvgIpc) is 2.70. The summed E-state index contributed by atoms with van der Waals surface area (Å²) in [6.07, 6.45) is 1.74. The van der Waals surface area contributed by atoms with Crippen molar-refractivity contribution in [2.75, 3.05) is 50.0 Å². The zero-order chi connectivity index (χ0) is 19.2. The van der Waals surface area contributed by atoms with Gasteiger partial charge in [-0.05, 0) is 38.6 Å². The van der Waals surface area contributed by atoms with Gasteiger partial charge in [0.2, 0.25) is 0 Å². The van der Waals surface area contributed by atoms with Gasteiger partial charge in [0.15, 0.2) is 0 Å². The van der Waals surface area contributed by atoms with E-state index in [0.717, 1.165) is 43.2 Å². The molecule has 1 fully saturated rings. The molecule has 1 aliphatic rings. The molecule has 144 valence electrons. The van der Waals surface area contributed by atoms with Gasteiger partial charge in [-0.1, -0.05) is 30.3 Å². The van der Waals surface area contributed by atoms with E-state index in [4.69, 9.17) is 0 Å². The standard InChI is InChI=1S/C21H29N5O/c1-4-25(5-2)20-12-11-18(15-22-20)23-21(27)26-14-13-24(3)16-19(26)17-9-7-6-8-10-17/h6-12,15,19H,4-5,13-14,16H2,1-3H3,(H,23,27)/t19-/m0/s1. The molecule has 3 rings (SSSR count). The second-order valence-corrected chi connectivity index (χ2v) is 6.89. The van der Waals surface area contributed by atoms with Gasteiger partial charge >= 0.3 is 6.03 Å². The number of nitrogens with one attached hydrogen (secondary N) is 1. The SMILES string of the molecule is CCN(CC)c1ccc(NC(=O)N2CCN(C)C[C@H]2c2ccccc2)cn1. The van der Waals surface area contributed by atoms with Crippen LogP contribution in [-0.2, 0) is 0 Å². The second kappa shape index (κ2) is 8.86. The van der Waals surface area contributed by atoms with E-state index in [-0.39, 0.29) is 12.1 Å². The van der Waals surface area contributed by atoms with Crippen LogP contribution in [0.4, 0.5) is 16.3 Å². The number of benzene rings is 1. The molecule has 6 nitrogen and oxygen atoms in total. The molecule has 2 aromatic rings. The van der Waals surface area contributed by atoms with E-state index >= 15 is 0 Å². The Morgan fingerprint density at radius 1 is 1.15 bits per heavy atom. The number of piperazine rings is 1. The number of anilines is 2. The summed E-state index contributed by atoms with van der Waals surface area (Å²) in [4.78, 5) is 23.8. The molecule has 27 heavy (non-hydrogen) atoms. The van der Waals surface area contributed by atoms with Crippen molar-refractivity contribution in [1.29, 1.82) is 0 Å². The van der Waals surface area contributed by atoms with Crippen LogP contribution in [0.25, 0.3) is 0 Å². The molecule has 0 aliphatic carbocycles. The first-order valence-corrected chi connectivity index (χ1v) is 9.64. The van der Waals surface area contributed by atoms with Gasteiger partial charge < -0.3 is 20.0 Å². The number of amides is 2. The molecule has 1 saturated heterocycles. The highest BCUT2D eigenvalue weighted by molar-refractivity contribution is 5.89. The quantitative estimate of drug-likeness (QED) is 0.879. The fraction of sp³-hybridized carbons (Fsp3) is 0.429. The summed E-state index contributed by atoms with van der Waals surface area (Å²) in [5, 5.41) is 3.02. The van der Waals surface area contributed by atoms with Gasteiger partial charge in [-0.2, -0.15) is 0 Å². The van der Waals surface area contributed by atoms with Gasteiger partial charge in [0.25, 0.3) is 0 Å². The predicted octanol–water partition coefficient (Wildman–Crippen LogP) is 3.45. The van der Waals surface area contributed by atoms with Gasteiger partial charge in [0, 0.05) is 32.7 Å². The summed E-state index contributed by atoms with van der Waals surface area (Å²) in [7, 11) is 2.10. The highest BCUT2D eigenvalue weighted by Crippen LogP contribution is 2.25. The van der Waals surface area contributed by atoms with Crippen molar-refractivity contribution in [2.24, 2.45) is 0 Å². The third-order valence-electron chi connectivity index (χ3n) is 5.12. The van der Waals surface area contributed by atoms with E-state index in [2.05, 4.69) is 53.1 Å². The Labute approximate surface area is 161 Å². The van der Waals surface area contributed by atoms with Crippen LogP contribution >= 0.6 is 0 Å².